The topological polar surface area (TPSA) is 67.6 Å². The highest BCUT2D eigenvalue weighted by atomic mass is 15.2. The lowest BCUT2D eigenvalue weighted by Crippen LogP contribution is -2.11. The maximum Gasteiger partial charge on any atom is 0.201 e. The second-order valence-corrected chi connectivity index (χ2v) is 5.30. The van der Waals surface area contributed by atoms with E-state index in [1.54, 1.807) is 6.07 Å². The summed E-state index contributed by atoms with van der Waals surface area (Å²) in [6.45, 7) is 0. The van der Waals surface area contributed by atoms with Crippen molar-refractivity contribution in [3.8, 4) is 6.07 Å². The van der Waals surface area contributed by atoms with Crippen molar-refractivity contribution in [2.75, 3.05) is 5.73 Å². The summed E-state index contributed by atoms with van der Waals surface area (Å²) in [4.78, 5) is 4.43. The first-order valence-corrected chi connectivity index (χ1v) is 6.97. The third-order valence-corrected chi connectivity index (χ3v) is 4.04. The minimum atomic E-state index is 0.432. The van der Waals surface area contributed by atoms with Crippen LogP contribution < -0.4 is 5.73 Å². The largest absolute Gasteiger partial charge is 0.369 e. The number of imidazole rings is 1. The summed E-state index contributed by atoms with van der Waals surface area (Å²) < 4.78 is 2.14. The van der Waals surface area contributed by atoms with Crippen molar-refractivity contribution < 1.29 is 0 Å². The van der Waals surface area contributed by atoms with E-state index in [1.807, 2.05) is 12.1 Å². The quantitative estimate of drug-likeness (QED) is 0.793. The van der Waals surface area contributed by atoms with E-state index in [4.69, 9.17) is 11.0 Å². The number of nitriles is 1. The van der Waals surface area contributed by atoms with Gasteiger partial charge < -0.3 is 10.3 Å². The normalized spacial score (nSPS) is 17.2. The highest BCUT2D eigenvalue weighted by Crippen LogP contribution is 2.32. The zero-order valence-electron chi connectivity index (χ0n) is 11.0. The van der Waals surface area contributed by atoms with Crippen molar-refractivity contribution in [3.05, 3.63) is 23.8 Å². The summed E-state index contributed by atoms with van der Waals surface area (Å²) in [7, 11) is 0. The smallest absolute Gasteiger partial charge is 0.201 e. The van der Waals surface area contributed by atoms with Crippen LogP contribution >= 0.6 is 0 Å². The first-order valence-electron chi connectivity index (χ1n) is 6.97. The third kappa shape index (κ3) is 2.17. The van der Waals surface area contributed by atoms with Crippen molar-refractivity contribution in [3.63, 3.8) is 0 Å². The van der Waals surface area contributed by atoms with Gasteiger partial charge in [0.25, 0.3) is 0 Å². The van der Waals surface area contributed by atoms with E-state index >= 15 is 0 Å². The molecule has 0 radical (unpaired) electrons. The molecule has 4 heteroatoms. The van der Waals surface area contributed by atoms with Gasteiger partial charge in [-0.3, -0.25) is 0 Å². The molecule has 2 aromatic rings. The van der Waals surface area contributed by atoms with Gasteiger partial charge in [0.15, 0.2) is 0 Å². The predicted molar refractivity (Wildman–Crippen MR) is 75.6 cm³/mol. The van der Waals surface area contributed by atoms with Crippen LogP contribution in [0.4, 0.5) is 5.95 Å². The van der Waals surface area contributed by atoms with Crippen molar-refractivity contribution in [2.45, 2.75) is 44.6 Å². The number of hydrogen-bond donors (Lipinski definition) is 1. The molecule has 1 aliphatic rings. The van der Waals surface area contributed by atoms with Gasteiger partial charge in [-0.15, -0.1) is 0 Å². The molecule has 19 heavy (non-hydrogen) atoms. The number of aromatic nitrogens is 2. The summed E-state index contributed by atoms with van der Waals surface area (Å²) in [6, 6.07) is 8.21. The van der Waals surface area contributed by atoms with Gasteiger partial charge in [0.05, 0.1) is 22.7 Å². The van der Waals surface area contributed by atoms with Crippen LogP contribution in [0.2, 0.25) is 0 Å². The molecule has 0 saturated heterocycles. The number of fused-ring (bicyclic) bond motifs is 1. The molecule has 2 N–H and O–H groups in total. The Bertz CT molecular complexity index is 627. The fourth-order valence-electron chi connectivity index (χ4n) is 3.08. The highest BCUT2D eigenvalue weighted by molar-refractivity contribution is 5.80. The van der Waals surface area contributed by atoms with Crippen LogP contribution in [0.3, 0.4) is 0 Å². The minimum absolute atomic E-state index is 0.432. The minimum Gasteiger partial charge on any atom is -0.369 e. The molecule has 0 amide bonds. The zero-order valence-corrected chi connectivity index (χ0v) is 11.0. The molecule has 1 aromatic carbocycles. The molecule has 1 aromatic heterocycles. The first kappa shape index (κ1) is 12.0. The molecule has 0 bridgehead atoms. The Hall–Kier alpha value is -2.02. The molecule has 0 unspecified atom stereocenters. The Balaban J connectivity index is 2.10. The molecule has 4 nitrogen and oxygen atoms in total. The summed E-state index contributed by atoms with van der Waals surface area (Å²) in [6.07, 6.45) is 7.45. The number of hydrogen-bond acceptors (Lipinski definition) is 3. The summed E-state index contributed by atoms with van der Waals surface area (Å²) >= 11 is 0. The van der Waals surface area contributed by atoms with Gasteiger partial charge in [0, 0.05) is 6.04 Å². The van der Waals surface area contributed by atoms with Crippen molar-refractivity contribution in [1.82, 2.24) is 9.55 Å². The van der Waals surface area contributed by atoms with E-state index in [-0.39, 0.29) is 0 Å². The third-order valence-electron chi connectivity index (χ3n) is 4.04. The molecule has 1 fully saturated rings. The fourth-order valence-corrected chi connectivity index (χ4v) is 3.08. The Labute approximate surface area is 112 Å². The van der Waals surface area contributed by atoms with Crippen LogP contribution in [0.25, 0.3) is 11.0 Å². The van der Waals surface area contributed by atoms with Gasteiger partial charge >= 0.3 is 0 Å². The number of nitrogens with two attached hydrogens (primary N) is 1. The Morgan fingerprint density at radius 1 is 1.21 bits per heavy atom. The molecule has 98 valence electrons. The Kier molecular flexibility index (Phi) is 3.12. The Morgan fingerprint density at radius 2 is 1.95 bits per heavy atom. The van der Waals surface area contributed by atoms with Crippen molar-refractivity contribution in [1.29, 1.82) is 5.26 Å². The summed E-state index contributed by atoms with van der Waals surface area (Å²) in [5.74, 6) is 0.581. The van der Waals surface area contributed by atoms with Crippen LogP contribution in [0, 0.1) is 11.3 Å². The molecule has 3 rings (SSSR count). The molecule has 0 atom stereocenters. The molecule has 0 aliphatic heterocycles. The van der Waals surface area contributed by atoms with E-state index in [9.17, 15) is 0 Å². The monoisotopic (exact) mass is 254 g/mol. The fraction of sp³-hybridized carbons (Fsp3) is 0.467. The highest BCUT2D eigenvalue weighted by Gasteiger charge is 2.19. The van der Waals surface area contributed by atoms with Crippen LogP contribution in [-0.2, 0) is 0 Å². The van der Waals surface area contributed by atoms with Gasteiger partial charge in [-0.25, -0.2) is 4.98 Å². The summed E-state index contributed by atoms with van der Waals surface area (Å²) in [5, 5.41) is 9.04. The van der Waals surface area contributed by atoms with Crippen molar-refractivity contribution in [2.24, 2.45) is 0 Å². The molecule has 0 spiro atoms. The number of nitrogens with zero attached hydrogens (tertiary/aromatic N) is 3. The number of benzene rings is 1. The van der Waals surface area contributed by atoms with E-state index in [0.29, 0.717) is 17.6 Å². The maximum atomic E-state index is 9.04. The SMILES string of the molecule is N#Cc1ccc2nc(N)n(C3CCCCCC3)c2c1. The average Bonchev–Trinajstić information content (AvgIpc) is 2.61. The van der Waals surface area contributed by atoms with Gasteiger partial charge in [-0.2, -0.15) is 5.26 Å². The van der Waals surface area contributed by atoms with Crippen LogP contribution in [0.5, 0.6) is 0 Å². The van der Waals surface area contributed by atoms with E-state index < -0.39 is 0 Å². The van der Waals surface area contributed by atoms with E-state index in [1.165, 1.54) is 25.7 Å². The van der Waals surface area contributed by atoms with Crippen molar-refractivity contribution >= 4 is 17.0 Å². The number of nitrogen functional groups attached to an aromatic ring is 1. The maximum absolute atomic E-state index is 9.04. The first-order chi connectivity index (χ1) is 9.29. The van der Waals surface area contributed by atoms with Crippen LogP contribution in [0.15, 0.2) is 18.2 Å². The average molecular weight is 254 g/mol. The van der Waals surface area contributed by atoms with Gasteiger partial charge in [-0.05, 0) is 31.0 Å². The van der Waals surface area contributed by atoms with Gasteiger partial charge in [0.2, 0.25) is 5.95 Å². The lowest BCUT2D eigenvalue weighted by Gasteiger charge is -2.18. The lowest BCUT2D eigenvalue weighted by atomic mass is 10.1. The van der Waals surface area contributed by atoms with E-state index in [2.05, 4.69) is 15.6 Å². The number of anilines is 1. The second kappa shape index (κ2) is 4.93. The number of rotatable bonds is 1. The van der Waals surface area contributed by atoms with Crippen LogP contribution in [-0.4, -0.2) is 9.55 Å². The zero-order chi connectivity index (χ0) is 13.2. The lowest BCUT2D eigenvalue weighted by molar-refractivity contribution is 0.459. The standard InChI is InChI=1S/C15H18N4/c16-10-11-7-8-13-14(9-11)19(15(17)18-13)12-5-3-1-2-4-6-12/h7-9,12H,1-6H2,(H2,17,18). The Morgan fingerprint density at radius 3 is 2.63 bits per heavy atom. The predicted octanol–water partition coefficient (Wildman–Crippen LogP) is 3.39. The molecular weight excluding hydrogens is 236 g/mol. The summed E-state index contributed by atoms with van der Waals surface area (Å²) in [5.41, 5.74) is 8.66. The van der Waals surface area contributed by atoms with Gasteiger partial charge in [-0.1, -0.05) is 25.7 Å². The van der Waals surface area contributed by atoms with E-state index in [0.717, 1.165) is 23.9 Å². The molecule has 1 saturated carbocycles. The molecular formula is C15H18N4. The van der Waals surface area contributed by atoms with Crippen LogP contribution in [0.1, 0.15) is 50.1 Å². The van der Waals surface area contributed by atoms with Gasteiger partial charge in [0.1, 0.15) is 0 Å². The molecule has 1 heterocycles. The molecule has 1 aliphatic carbocycles. The second-order valence-electron chi connectivity index (χ2n) is 5.30.